The van der Waals surface area contributed by atoms with Gasteiger partial charge in [0.05, 0.1) is 0 Å². The molecule has 0 radical (unpaired) electrons. The molecule has 0 unspecified atom stereocenters. The lowest BCUT2D eigenvalue weighted by Crippen LogP contribution is -2.28. The van der Waals surface area contributed by atoms with Crippen LogP contribution in [0, 0.1) is 5.92 Å². The first-order valence-electron chi connectivity index (χ1n) is 3.02. The quantitative estimate of drug-likeness (QED) is 0.557. The highest BCUT2D eigenvalue weighted by Crippen LogP contribution is 2.03. The summed E-state index contributed by atoms with van der Waals surface area (Å²) in [5, 5.41) is 0. The van der Waals surface area contributed by atoms with E-state index < -0.39 is 0 Å². The highest BCUT2D eigenvalue weighted by molar-refractivity contribution is 4.55. The number of methoxy groups -OCH3 is 2. The summed E-state index contributed by atoms with van der Waals surface area (Å²) in [6, 6.07) is 0. The van der Waals surface area contributed by atoms with Crippen molar-refractivity contribution < 1.29 is 9.47 Å². The van der Waals surface area contributed by atoms with Crippen molar-refractivity contribution in [3.8, 4) is 0 Å². The van der Waals surface area contributed by atoms with E-state index >= 15 is 0 Å². The van der Waals surface area contributed by atoms with Crippen LogP contribution < -0.4 is 5.73 Å². The van der Waals surface area contributed by atoms with Crippen molar-refractivity contribution in [2.75, 3.05) is 20.8 Å². The lowest BCUT2D eigenvalue weighted by atomic mass is 10.2. The predicted molar refractivity (Wildman–Crippen MR) is 36.0 cm³/mol. The minimum atomic E-state index is -0.157. The molecule has 0 heterocycles. The fourth-order valence-corrected chi connectivity index (χ4v) is 0.672. The Hall–Kier alpha value is -0.120. The number of hydrogen-bond donors (Lipinski definition) is 1. The largest absolute Gasteiger partial charge is 0.356 e. The molecular formula is C6H15NO2. The van der Waals surface area contributed by atoms with Crippen LogP contribution in [0.25, 0.3) is 0 Å². The second kappa shape index (κ2) is 4.73. The summed E-state index contributed by atoms with van der Waals surface area (Å²) in [6.07, 6.45) is -0.157. The van der Waals surface area contributed by atoms with Gasteiger partial charge in [-0.25, -0.2) is 0 Å². The first-order chi connectivity index (χ1) is 4.26. The van der Waals surface area contributed by atoms with Crippen molar-refractivity contribution in [3.63, 3.8) is 0 Å². The molecule has 0 aliphatic rings. The Kier molecular flexibility index (Phi) is 4.67. The lowest BCUT2D eigenvalue weighted by molar-refractivity contribution is -0.130. The maximum absolute atomic E-state index is 5.36. The smallest absolute Gasteiger partial charge is 0.160 e. The standard InChI is InChI=1S/C6H15NO2/c1-5(4-7)6(8-2)9-3/h5-6H,4,7H2,1-3H3/t5-/m1/s1. The van der Waals surface area contributed by atoms with Gasteiger partial charge in [0.15, 0.2) is 6.29 Å². The van der Waals surface area contributed by atoms with Crippen molar-refractivity contribution in [1.82, 2.24) is 0 Å². The highest BCUT2D eigenvalue weighted by Gasteiger charge is 2.12. The van der Waals surface area contributed by atoms with Gasteiger partial charge in [-0.3, -0.25) is 0 Å². The van der Waals surface area contributed by atoms with Gasteiger partial charge in [0, 0.05) is 20.1 Å². The maximum atomic E-state index is 5.36. The Bertz CT molecular complexity index is 64.1. The summed E-state index contributed by atoms with van der Waals surface area (Å²) in [5.74, 6) is 0.264. The van der Waals surface area contributed by atoms with Crippen LogP contribution in [0.5, 0.6) is 0 Å². The van der Waals surface area contributed by atoms with E-state index in [4.69, 9.17) is 15.2 Å². The van der Waals surface area contributed by atoms with E-state index in [1.54, 1.807) is 14.2 Å². The lowest BCUT2D eigenvalue weighted by Gasteiger charge is -2.18. The van der Waals surface area contributed by atoms with Gasteiger partial charge in [0.1, 0.15) is 0 Å². The van der Waals surface area contributed by atoms with E-state index in [2.05, 4.69) is 0 Å². The van der Waals surface area contributed by atoms with Crippen LogP contribution in [0.3, 0.4) is 0 Å². The Morgan fingerprint density at radius 3 is 1.89 bits per heavy atom. The van der Waals surface area contributed by atoms with Crippen molar-refractivity contribution in [2.45, 2.75) is 13.2 Å². The van der Waals surface area contributed by atoms with Crippen molar-refractivity contribution >= 4 is 0 Å². The fraction of sp³-hybridized carbons (Fsp3) is 1.00. The third-order valence-electron chi connectivity index (χ3n) is 1.30. The van der Waals surface area contributed by atoms with Gasteiger partial charge in [-0.15, -0.1) is 0 Å². The molecular weight excluding hydrogens is 118 g/mol. The van der Waals surface area contributed by atoms with Crippen LogP contribution in [-0.4, -0.2) is 27.1 Å². The van der Waals surface area contributed by atoms with Gasteiger partial charge in [0.25, 0.3) is 0 Å². The Balaban J connectivity index is 3.50. The number of nitrogens with two attached hydrogens (primary N) is 1. The van der Waals surface area contributed by atoms with Crippen molar-refractivity contribution in [1.29, 1.82) is 0 Å². The molecule has 0 aliphatic carbocycles. The monoisotopic (exact) mass is 133 g/mol. The topological polar surface area (TPSA) is 44.5 Å². The van der Waals surface area contributed by atoms with Crippen LogP contribution in [0.4, 0.5) is 0 Å². The molecule has 1 atom stereocenters. The molecule has 0 amide bonds. The average molecular weight is 133 g/mol. The second-order valence-corrected chi connectivity index (χ2v) is 2.05. The highest BCUT2D eigenvalue weighted by atomic mass is 16.7. The summed E-state index contributed by atoms with van der Waals surface area (Å²) in [7, 11) is 3.22. The molecule has 0 aromatic carbocycles. The molecule has 3 heteroatoms. The summed E-state index contributed by atoms with van der Waals surface area (Å²) in [4.78, 5) is 0. The number of hydrogen-bond acceptors (Lipinski definition) is 3. The predicted octanol–water partition coefficient (Wildman–Crippen LogP) is 0.200. The first kappa shape index (κ1) is 8.88. The molecule has 0 saturated carbocycles. The summed E-state index contributed by atoms with van der Waals surface area (Å²) in [6.45, 7) is 2.57. The van der Waals surface area contributed by atoms with Gasteiger partial charge < -0.3 is 15.2 Å². The fourth-order valence-electron chi connectivity index (χ4n) is 0.672. The average Bonchev–Trinajstić information content (AvgIpc) is 1.90. The zero-order valence-electron chi connectivity index (χ0n) is 6.26. The molecule has 0 aliphatic heterocycles. The third kappa shape index (κ3) is 2.79. The van der Waals surface area contributed by atoms with E-state index in [-0.39, 0.29) is 12.2 Å². The maximum Gasteiger partial charge on any atom is 0.160 e. The molecule has 2 N–H and O–H groups in total. The van der Waals surface area contributed by atoms with Gasteiger partial charge in [0.2, 0.25) is 0 Å². The molecule has 0 rings (SSSR count). The summed E-state index contributed by atoms with van der Waals surface area (Å²) < 4.78 is 9.90. The van der Waals surface area contributed by atoms with Gasteiger partial charge in [-0.05, 0) is 6.54 Å². The van der Waals surface area contributed by atoms with E-state index in [1.165, 1.54) is 0 Å². The zero-order valence-corrected chi connectivity index (χ0v) is 6.26. The third-order valence-corrected chi connectivity index (χ3v) is 1.30. The van der Waals surface area contributed by atoms with E-state index in [0.29, 0.717) is 6.54 Å². The molecule has 0 saturated heterocycles. The number of rotatable bonds is 4. The zero-order chi connectivity index (χ0) is 7.28. The Labute approximate surface area is 56.1 Å². The Morgan fingerprint density at radius 1 is 1.33 bits per heavy atom. The van der Waals surface area contributed by atoms with E-state index in [9.17, 15) is 0 Å². The first-order valence-corrected chi connectivity index (χ1v) is 3.02. The molecule has 9 heavy (non-hydrogen) atoms. The molecule has 0 aromatic heterocycles. The minimum Gasteiger partial charge on any atom is -0.356 e. The molecule has 0 bridgehead atoms. The number of ether oxygens (including phenoxy) is 2. The van der Waals surface area contributed by atoms with Crippen molar-refractivity contribution in [3.05, 3.63) is 0 Å². The molecule has 0 fully saturated rings. The van der Waals surface area contributed by atoms with E-state index in [1.807, 2.05) is 6.92 Å². The van der Waals surface area contributed by atoms with Crippen LogP contribution in [0.15, 0.2) is 0 Å². The summed E-state index contributed by atoms with van der Waals surface area (Å²) >= 11 is 0. The van der Waals surface area contributed by atoms with Crippen molar-refractivity contribution in [2.24, 2.45) is 11.7 Å². The molecule has 3 nitrogen and oxygen atoms in total. The summed E-state index contributed by atoms with van der Waals surface area (Å²) in [5.41, 5.74) is 5.36. The van der Waals surface area contributed by atoms with Crippen LogP contribution in [0.1, 0.15) is 6.92 Å². The SMILES string of the molecule is COC(OC)[C@H](C)CN. The van der Waals surface area contributed by atoms with E-state index in [0.717, 1.165) is 0 Å². The minimum absolute atomic E-state index is 0.157. The molecule has 0 aromatic rings. The molecule has 56 valence electrons. The normalized spacial score (nSPS) is 14.3. The second-order valence-electron chi connectivity index (χ2n) is 2.05. The van der Waals surface area contributed by atoms with Gasteiger partial charge in [-0.2, -0.15) is 0 Å². The van der Waals surface area contributed by atoms with Gasteiger partial charge in [-0.1, -0.05) is 6.92 Å². The van der Waals surface area contributed by atoms with Crippen LogP contribution in [-0.2, 0) is 9.47 Å². The van der Waals surface area contributed by atoms with Crippen LogP contribution in [0.2, 0.25) is 0 Å². The molecule has 0 spiro atoms. The Morgan fingerprint density at radius 2 is 1.78 bits per heavy atom. The van der Waals surface area contributed by atoms with Crippen LogP contribution >= 0.6 is 0 Å². The van der Waals surface area contributed by atoms with Gasteiger partial charge >= 0.3 is 0 Å².